The fourth-order valence-corrected chi connectivity index (χ4v) is 2.98. The van der Waals surface area contributed by atoms with Crippen LogP contribution in [0.1, 0.15) is 36.8 Å². The van der Waals surface area contributed by atoms with Crippen LogP contribution in [-0.2, 0) is 0 Å². The molecule has 1 N–H and O–H groups in total. The van der Waals surface area contributed by atoms with Gasteiger partial charge in [0.1, 0.15) is 0 Å². The Hall–Kier alpha value is -1.54. The smallest absolute Gasteiger partial charge is 0.0388 e. The highest BCUT2D eigenvalue weighted by molar-refractivity contribution is 5.78. The Morgan fingerprint density at radius 1 is 1.11 bits per heavy atom. The first-order chi connectivity index (χ1) is 9.33. The topological polar surface area (TPSA) is 15.3 Å². The molecular formula is C17H22N2. The number of fused-ring (bicyclic) bond motifs is 1. The number of hydrogen-bond acceptors (Lipinski definition) is 2. The maximum Gasteiger partial charge on any atom is 0.0388 e. The lowest BCUT2D eigenvalue weighted by molar-refractivity contribution is 0.231. The molecule has 0 saturated carbocycles. The minimum absolute atomic E-state index is 1.03. The summed E-state index contributed by atoms with van der Waals surface area (Å²) in [4.78, 5) is 2.58. The summed E-state index contributed by atoms with van der Waals surface area (Å²) in [5, 5.41) is 3.45. The lowest BCUT2D eigenvalue weighted by Crippen LogP contribution is -2.31. The summed E-state index contributed by atoms with van der Waals surface area (Å²) in [5.41, 5.74) is 4.85. The van der Waals surface area contributed by atoms with Crippen LogP contribution in [0.25, 0.3) is 11.8 Å². The Bertz CT molecular complexity index is 496. The van der Waals surface area contributed by atoms with Crippen molar-refractivity contribution in [3.05, 3.63) is 47.7 Å². The quantitative estimate of drug-likeness (QED) is 0.888. The van der Waals surface area contributed by atoms with Crippen molar-refractivity contribution in [2.75, 3.05) is 19.6 Å². The molecule has 0 aromatic heterocycles. The molecule has 0 aliphatic carbocycles. The van der Waals surface area contributed by atoms with Crippen LogP contribution in [0.3, 0.4) is 0 Å². The lowest BCUT2D eigenvalue weighted by atomic mass is 9.99. The molecule has 1 aromatic carbocycles. The van der Waals surface area contributed by atoms with E-state index in [1.54, 1.807) is 0 Å². The highest BCUT2D eigenvalue weighted by atomic mass is 15.1. The number of rotatable bonds is 3. The fraction of sp³-hybridized carbons (Fsp3) is 0.412. The van der Waals surface area contributed by atoms with Crippen molar-refractivity contribution in [1.82, 2.24) is 10.2 Å². The van der Waals surface area contributed by atoms with Gasteiger partial charge in [0.2, 0.25) is 0 Å². The summed E-state index contributed by atoms with van der Waals surface area (Å²) in [7, 11) is 0. The summed E-state index contributed by atoms with van der Waals surface area (Å²) >= 11 is 0. The molecule has 2 heteroatoms. The zero-order valence-electron chi connectivity index (χ0n) is 11.5. The third-order valence-electron chi connectivity index (χ3n) is 4.07. The van der Waals surface area contributed by atoms with Crippen LogP contribution in [0.5, 0.6) is 0 Å². The maximum absolute atomic E-state index is 4.13. The molecular weight excluding hydrogens is 232 g/mol. The van der Waals surface area contributed by atoms with Crippen molar-refractivity contribution in [1.29, 1.82) is 0 Å². The lowest BCUT2D eigenvalue weighted by Gasteiger charge is -2.28. The zero-order chi connectivity index (χ0) is 13.1. The number of benzene rings is 1. The number of nitrogens with zero attached hydrogens (tertiary/aromatic N) is 1. The second-order valence-corrected chi connectivity index (χ2v) is 5.51. The standard InChI is InChI=1S/C17H22N2/c1-14-17-8-4-3-7-15(17)13-16(18-14)9-12-19-10-5-2-6-11-19/h3-4,7-8,13,18H,1-2,5-6,9-12H2. The zero-order valence-corrected chi connectivity index (χ0v) is 11.5. The average molecular weight is 254 g/mol. The van der Waals surface area contributed by atoms with Gasteiger partial charge in [-0.2, -0.15) is 0 Å². The SMILES string of the molecule is C=C1NC(CCN2CCCCC2)=Cc2ccccc21. The first kappa shape index (κ1) is 12.5. The highest BCUT2D eigenvalue weighted by Crippen LogP contribution is 2.25. The molecule has 100 valence electrons. The molecule has 19 heavy (non-hydrogen) atoms. The van der Waals surface area contributed by atoms with Crippen molar-refractivity contribution in [3.8, 4) is 0 Å². The van der Waals surface area contributed by atoms with E-state index in [9.17, 15) is 0 Å². The predicted molar refractivity (Wildman–Crippen MR) is 81.5 cm³/mol. The van der Waals surface area contributed by atoms with E-state index in [1.807, 2.05) is 0 Å². The Morgan fingerprint density at radius 3 is 2.74 bits per heavy atom. The molecule has 0 bridgehead atoms. The van der Waals surface area contributed by atoms with Gasteiger partial charge < -0.3 is 10.2 Å². The summed E-state index contributed by atoms with van der Waals surface area (Å²) < 4.78 is 0. The van der Waals surface area contributed by atoms with Crippen LogP contribution in [-0.4, -0.2) is 24.5 Å². The number of hydrogen-bond donors (Lipinski definition) is 1. The monoisotopic (exact) mass is 254 g/mol. The molecule has 2 aliphatic heterocycles. The summed E-state index contributed by atoms with van der Waals surface area (Å²) in [6, 6.07) is 8.46. The first-order valence-electron chi connectivity index (χ1n) is 7.31. The van der Waals surface area contributed by atoms with Gasteiger partial charge in [-0.3, -0.25) is 0 Å². The van der Waals surface area contributed by atoms with Gasteiger partial charge in [0.25, 0.3) is 0 Å². The van der Waals surface area contributed by atoms with Gasteiger partial charge in [-0.15, -0.1) is 0 Å². The van der Waals surface area contributed by atoms with E-state index in [0.29, 0.717) is 0 Å². The van der Waals surface area contributed by atoms with E-state index < -0.39 is 0 Å². The molecule has 1 aromatic rings. The summed E-state index contributed by atoms with van der Waals surface area (Å²) in [6.45, 7) is 7.83. The Kier molecular flexibility index (Phi) is 3.69. The average Bonchev–Trinajstić information content (AvgIpc) is 2.46. The molecule has 2 heterocycles. The van der Waals surface area contributed by atoms with Crippen LogP contribution in [0.2, 0.25) is 0 Å². The van der Waals surface area contributed by atoms with Crippen LogP contribution >= 0.6 is 0 Å². The number of likely N-dealkylation sites (tertiary alicyclic amines) is 1. The van der Waals surface area contributed by atoms with Crippen molar-refractivity contribution in [2.45, 2.75) is 25.7 Å². The van der Waals surface area contributed by atoms with Gasteiger partial charge in [0.15, 0.2) is 0 Å². The fourth-order valence-electron chi connectivity index (χ4n) is 2.98. The summed E-state index contributed by atoms with van der Waals surface area (Å²) in [5.74, 6) is 0. The van der Waals surface area contributed by atoms with Crippen molar-refractivity contribution < 1.29 is 0 Å². The molecule has 0 radical (unpaired) electrons. The van der Waals surface area contributed by atoms with Crippen LogP contribution in [0, 0.1) is 0 Å². The van der Waals surface area contributed by atoms with Gasteiger partial charge in [0, 0.05) is 29.9 Å². The van der Waals surface area contributed by atoms with Crippen LogP contribution in [0.15, 0.2) is 36.5 Å². The molecule has 2 nitrogen and oxygen atoms in total. The van der Waals surface area contributed by atoms with Crippen molar-refractivity contribution >= 4 is 11.8 Å². The third-order valence-corrected chi connectivity index (χ3v) is 4.07. The van der Waals surface area contributed by atoms with Gasteiger partial charge in [-0.1, -0.05) is 37.3 Å². The molecule has 2 aliphatic rings. The molecule has 0 unspecified atom stereocenters. The van der Waals surface area contributed by atoms with E-state index in [-0.39, 0.29) is 0 Å². The normalized spacial score (nSPS) is 19.6. The number of nitrogens with one attached hydrogen (secondary N) is 1. The third kappa shape index (κ3) is 2.90. The first-order valence-corrected chi connectivity index (χ1v) is 7.31. The second kappa shape index (κ2) is 5.62. The van der Waals surface area contributed by atoms with E-state index in [4.69, 9.17) is 0 Å². The highest BCUT2D eigenvalue weighted by Gasteiger charge is 2.14. The van der Waals surface area contributed by atoms with Gasteiger partial charge in [0.05, 0.1) is 0 Å². The number of piperidine rings is 1. The van der Waals surface area contributed by atoms with E-state index in [0.717, 1.165) is 18.7 Å². The van der Waals surface area contributed by atoms with Gasteiger partial charge >= 0.3 is 0 Å². The second-order valence-electron chi connectivity index (χ2n) is 5.51. The predicted octanol–water partition coefficient (Wildman–Crippen LogP) is 3.48. The van der Waals surface area contributed by atoms with Crippen molar-refractivity contribution in [3.63, 3.8) is 0 Å². The van der Waals surface area contributed by atoms with Gasteiger partial charge in [-0.05, 0) is 37.6 Å². The molecule has 0 spiro atoms. The van der Waals surface area contributed by atoms with E-state index in [1.165, 1.54) is 49.2 Å². The minimum Gasteiger partial charge on any atom is -0.359 e. The minimum atomic E-state index is 1.03. The van der Waals surface area contributed by atoms with Gasteiger partial charge in [-0.25, -0.2) is 0 Å². The molecule has 1 fully saturated rings. The molecule has 0 amide bonds. The Balaban J connectivity index is 1.66. The Labute approximate surface area is 115 Å². The van der Waals surface area contributed by atoms with E-state index >= 15 is 0 Å². The van der Waals surface area contributed by atoms with E-state index in [2.05, 4.69) is 47.1 Å². The van der Waals surface area contributed by atoms with Crippen LogP contribution in [0.4, 0.5) is 0 Å². The van der Waals surface area contributed by atoms with Crippen LogP contribution < -0.4 is 5.32 Å². The molecule has 1 saturated heterocycles. The maximum atomic E-state index is 4.13. The largest absolute Gasteiger partial charge is 0.359 e. The molecule has 0 atom stereocenters. The Morgan fingerprint density at radius 2 is 1.89 bits per heavy atom. The summed E-state index contributed by atoms with van der Waals surface area (Å²) in [6.07, 6.45) is 7.49. The molecule has 3 rings (SSSR count). The van der Waals surface area contributed by atoms with Crippen molar-refractivity contribution in [2.24, 2.45) is 0 Å².